The van der Waals surface area contributed by atoms with Crippen LogP contribution in [-0.2, 0) is 5.75 Å². The first-order valence-electron chi connectivity index (χ1n) is 11.1. The van der Waals surface area contributed by atoms with E-state index >= 15 is 0 Å². The fourth-order valence-corrected chi connectivity index (χ4v) is 5.36. The van der Waals surface area contributed by atoms with Crippen LogP contribution in [0.2, 0.25) is 0 Å². The first kappa shape index (κ1) is 22.0. The Morgan fingerprint density at radius 3 is 2.19 bits per heavy atom. The number of piperidine rings is 2. The summed E-state index contributed by atoms with van der Waals surface area (Å²) in [5.74, 6) is 1.31. The van der Waals surface area contributed by atoms with Crippen LogP contribution >= 0.6 is 11.8 Å². The third-order valence-corrected chi connectivity index (χ3v) is 7.12. The molecule has 2 aliphatic heterocycles. The number of anilines is 3. The van der Waals surface area contributed by atoms with E-state index in [-0.39, 0.29) is 11.4 Å². The molecule has 166 valence electrons. The minimum absolute atomic E-state index is 0.147. The lowest BCUT2D eigenvalue weighted by atomic mass is 10.1. The minimum Gasteiger partial charge on any atom is -0.711 e. The second-order valence-corrected chi connectivity index (χ2v) is 9.19. The number of nitrogens with zero attached hydrogens (tertiary/aromatic N) is 6. The van der Waals surface area contributed by atoms with Crippen LogP contribution in [0.25, 0.3) is 0 Å². The molecular formula is C23H27N7OS. The molecule has 0 saturated carbocycles. The minimum atomic E-state index is 0.147. The van der Waals surface area contributed by atoms with Gasteiger partial charge in [0.2, 0.25) is 0 Å². The second-order valence-electron chi connectivity index (χ2n) is 8.23. The van der Waals surface area contributed by atoms with Crippen molar-refractivity contribution in [2.24, 2.45) is 0 Å². The summed E-state index contributed by atoms with van der Waals surface area (Å²) in [5.41, 5.74) is 8.23. The Hall–Kier alpha value is -3.17. The zero-order valence-electron chi connectivity index (χ0n) is 18.1. The van der Waals surface area contributed by atoms with E-state index in [4.69, 9.17) is 5.73 Å². The first-order chi connectivity index (χ1) is 15.6. The number of nitrogen functional groups attached to an aromatic ring is 1. The van der Waals surface area contributed by atoms with Crippen LogP contribution in [0.15, 0.2) is 23.4 Å². The summed E-state index contributed by atoms with van der Waals surface area (Å²) >= 11 is 1.37. The van der Waals surface area contributed by atoms with Gasteiger partial charge < -0.3 is 15.8 Å². The Labute approximate surface area is 192 Å². The number of hydrogen-bond donors (Lipinski definition) is 1. The molecular weight excluding hydrogens is 422 g/mol. The molecule has 32 heavy (non-hydrogen) atoms. The number of aromatic nitrogens is 2. The summed E-state index contributed by atoms with van der Waals surface area (Å²) < 4.78 is 0.937. The van der Waals surface area contributed by atoms with E-state index in [0.717, 1.165) is 68.6 Å². The maximum absolute atomic E-state index is 12.6. The smallest absolute Gasteiger partial charge is 0.279 e. The number of thioether (sulfide) groups is 1. The molecule has 0 aromatic carbocycles. The van der Waals surface area contributed by atoms with Crippen LogP contribution in [0.4, 0.5) is 17.3 Å². The average Bonchev–Trinajstić information content (AvgIpc) is 2.83. The predicted octanol–water partition coefficient (Wildman–Crippen LogP) is 3.31. The molecule has 0 spiro atoms. The van der Waals surface area contributed by atoms with Gasteiger partial charge in [0, 0.05) is 30.5 Å². The molecule has 8 nitrogen and oxygen atoms in total. The number of hydrogen-bond acceptors (Lipinski definition) is 8. The lowest BCUT2D eigenvalue weighted by Gasteiger charge is -2.30. The maximum Gasteiger partial charge on any atom is 0.279 e. The summed E-state index contributed by atoms with van der Waals surface area (Å²) in [4.78, 5) is 8.59. The van der Waals surface area contributed by atoms with Gasteiger partial charge in [-0.25, -0.2) is 9.71 Å². The van der Waals surface area contributed by atoms with Gasteiger partial charge in [0.15, 0.2) is 0 Å². The summed E-state index contributed by atoms with van der Waals surface area (Å²) in [6.45, 7) is 3.42. The zero-order chi connectivity index (χ0) is 22.5. The Morgan fingerprint density at radius 2 is 1.59 bits per heavy atom. The molecule has 0 aliphatic carbocycles. The van der Waals surface area contributed by atoms with Crippen molar-refractivity contribution in [2.45, 2.75) is 49.3 Å². The van der Waals surface area contributed by atoms with E-state index in [1.807, 2.05) is 12.1 Å². The highest BCUT2D eigenvalue weighted by Crippen LogP contribution is 2.37. The molecule has 0 radical (unpaired) electrons. The molecule has 4 rings (SSSR count). The Balaban J connectivity index is 1.58. The van der Waals surface area contributed by atoms with Crippen LogP contribution in [0.3, 0.4) is 0 Å². The highest BCUT2D eigenvalue weighted by molar-refractivity contribution is 7.98. The number of pyridine rings is 2. The van der Waals surface area contributed by atoms with Gasteiger partial charge in [-0.1, -0.05) is 0 Å². The molecule has 2 aliphatic rings. The number of nitrogens with two attached hydrogens (primary N) is 1. The number of rotatable bonds is 5. The van der Waals surface area contributed by atoms with Gasteiger partial charge in [-0.15, -0.1) is 11.8 Å². The fraction of sp³-hybridized carbons (Fsp3) is 0.478. The van der Waals surface area contributed by atoms with Crippen molar-refractivity contribution in [3.05, 3.63) is 40.2 Å². The highest BCUT2D eigenvalue weighted by Gasteiger charge is 2.25. The molecule has 9 heteroatoms. The standard InChI is InChI=1S/C23H27N7OS/c24-13-18-21(29-11-5-2-6-12-29)19(14-25)23(27-22(18)26)32-16-17-7-8-20(30(31)15-17)28-9-3-1-4-10-28/h7-8,15H,1-6,9-12,16H2,(H2,26,27). The quantitative estimate of drug-likeness (QED) is 0.419. The number of nitriles is 2. The van der Waals surface area contributed by atoms with E-state index < -0.39 is 0 Å². The van der Waals surface area contributed by atoms with Crippen molar-refractivity contribution >= 4 is 29.1 Å². The van der Waals surface area contributed by atoms with Crippen LogP contribution in [0.1, 0.15) is 55.2 Å². The van der Waals surface area contributed by atoms with Crippen LogP contribution in [-0.4, -0.2) is 31.2 Å². The van der Waals surface area contributed by atoms with Crippen molar-refractivity contribution < 1.29 is 4.73 Å². The van der Waals surface area contributed by atoms with E-state index in [1.165, 1.54) is 18.2 Å². The molecule has 2 N–H and O–H groups in total. The normalized spacial score (nSPS) is 16.4. The molecule has 0 unspecified atom stereocenters. The van der Waals surface area contributed by atoms with Crippen molar-refractivity contribution in [3.63, 3.8) is 0 Å². The topological polar surface area (TPSA) is 120 Å². The summed E-state index contributed by atoms with van der Waals surface area (Å²) in [7, 11) is 0. The van der Waals surface area contributed by atoms with Gasteiger partial charge in [-0.2, -0.15) is 10.5 Å². The first-order valence-corrected chi connectivity index (χ1v) is 12.1. The summed E-state index contributed by atoms with van der Waals surface area (Å²) in [5, 5.41) is 32.7. The summed E-state index contributed by atoms with van der Waals surface area (Å²) in [6, 6.07) is 8.23. The van der Waals surface area contributed by atoms with Gasteiger partial charge >= 0.3 is 0 Å². The lowest BCUT2D eigenvalue weighted by Crippen LogP contribution is -2.40. The van der Waals surface area contributed by atoms with Crippen molar-refractivity contribution in [3.8, 4) is 12.1 Å². The van der Waals surface area contributed by atoms with Crippen molar-refractivity contribution in [1.82, 2.24) is 4.98 Å². The highest BCUT2D eigenvalue weighted by atomic mass is 32.2. The van der Waals surface area contributed by atoms with Crippen molar-refractivity contribution in [1.29, 1.82) is 10.5 Å². The fourth-order valence-electron chi connectivity index (χ4n) is 4.44. The third kappa shape index (κ3) is 4.53. The van der Waals surface area contributed by atoms with E-state index in [2.05, 4.69) is 26.9 Å². The Kier molecular flexibility index (Phi) is 6.87. The third-order valence-electron chi connectivity index (χ3n) is 6.07. The van der Waals surface area contributed by atoms with Crippen LogP contribution in [0, 0.1) is 27.9 Å². The van der Waals surface area contributed by atoms with Crippen molar-refractivity contribution in [2.75, 3.05) is 41.7 Å². The molecule has 0 bridgehead atoms. The van der Waals surface area contributed by atoms with E-state index in [0.29, 0.717) is 27.8 Å². The van der Waals surface area contributed by atoms with Gasteiger partial charge in [0.1, 0.15) is 34.1 Å². The Morgan fingerprint density at radius 1 is 0.969 bits per heavy atom. The largest absolute Gasteiger partial charge is 0.711 e. The van der Waals surface area contributed by atoms with Gasteiger partial charge in [-0.3, -0.25) is 4.90 Å². The van der Waals surface area contributed by atoms with Gasteiger partial charge in [0.05, 0.1) is 25.0 Å². The Bertz CT molecular complexity index is 1060. The molecule has 0 amide bonds. The molecule has 2 aromatic heterocycles. The van der Waals surface area contributed by atoms with Gasteiger partial charge in [-0.05, 0) is 44.6 Å². The molecule has 2 aromatic rings. The summed E-state index contributed by atoms with van der Waals surface area (Å²) in [6.07, 6.45) is 8.22. The molecule has 0 atom stereocenters. The molecule has 2 saturated heterocycles. The lowest BCUT2D eigenvalue weighted by molar-refractivity contribution is -0.592. The maximum atomic E-state index is 12.6. The van der Waals surface area contributed by atoms with E-state index in [9.17, 15) is 15.7 Å². The van der Waals surface area contributed by atoms with E-state index in [1.54, 1.807) is 6.20 Å². The monoisotopic (exact) mass is 449 g/mol. The van der Waals surface area contributed by atoms with Gasteiger partial charge in [0.25, 0.3) is 5.82 Å². The average molecular weight is 450 g/mol. The zero-order valence-corrected chi connectivity index (χ0v) is 18.9. The molecule has 2 fully saturated rings. The second kappa shape index (κ2) is 9.97. The SMILES string of the molecule is N#Cc1c(N)nc(SCc2ccc(N3CCCCC3)[n+]([O-])c2)c(C#N)c1N1CCCCC1. The molecule has 4 heterocycles. The van der Waals surface area contributed by atoms with Crippen LogP contribution in [0.5, 0.6) is 0 Å². The predicted molar refractivity (Wildman–Crippen MR) is 125 cm³/mol. The van der Waals surface area contributed by atoms with Crippen LogP contribution < -0.4 is 20.3 Å².